The molecule has 0 aliphatic carbocycles. The predicted octanol–water partition coefficient (Wildman–Crippen LogP) is 2.46. The SMILES string of the molecule is CCCNCC=Cc1csc(C)n1. The van der Waals surface area contributed by atoms with Gasteiger partial charge in [0.15, 0.2) is 0 Å². The average molecular weight is 196 g/mol. The average Bonchev–Trinajstić information content (AvgIpc) is 2.51. The number of thiazole rings is 1. The highest BCUT2D eigenvalue weighted by atomic mass is 32.1. The summed E-state index contributed by atoms with van der Waals surface area (Å²) in [4.78, 5) is 4.33. The van der Waals surface area contributed by atoms with E-state index < -0.39 is 0 Å². The van der Waals surface area contributed by atoms with Crippen molar-refractivity contribution in [2.24, 2.45) is 0 Å². The summed E-state index contributed by atoms with van der Waals surface area (Å²) in [5.41, 5.74) is 1.07. The fourth-order valence-electron chi connectivity index (χ4n) is 0.999. The topological polar surface area (TPSA) is 24.9 Å². The summed E-state index contributed by atoms with van der Waals surface area (Å²) >= 11 is 1.69. The number of hydrogen-bond acceptors (Lipinski definition) is 3. The van der Waals surface area contributed by atoms with Crippen molar-refractivity contribution in [1.82, 2.24) is 10.3 Å². The molecule has 1 N–H and O–H groups in total. The first kappa shape index (κ1) is 10.4. The molecular formula is C10H16N2S. The molecule has 0 atom stereocenters. The monoisotopic (exact) mass is 196 g/mol. The lowest BCUT2D eigenvalue weighted by atomic mass is 10.4. The summed E-state index contributed by atoms with van der Waals surface area (Å²) in [5.74, 6) is 0. The molecule has 0 amide bonds. The summed E-state index contributed by atoms with van der Waals surface area (Å²) in [5, 5.41) is 6.50. The van der Waals surface area contributed by atoms with E-state index in [0.717, 1.165) is 23.8 Å². The fraction of sp³-hybridized carbons (Fsp3) is 0.500. The van der Waals surface area contributed by atoms with Gasteiger partial charge in [-0.05, 0) is 26.0 Å². The van der Waals surface area contributed by atoms with Gasteiger partial charge in [-0.25, -0.2) is 4.98 Å². The minimum absolute atomic E-state index is 0.935. The van der Waals surface area contributed by atoms with Gasteiger partial charge in [-0.15, -0.1) is 11.3 Å². The Morgan fingerprint density at radius 1 is 1.62 bits per heavy atom. The molecule has 0 bridgehead atoms. The smallest absolute Gasteiger partial charge is 0.0901 e. The maximum atomic E-state index is 4.33. The lowest BCUT2D eigenvalue weighted by Gasteiger charge is -1.94. The van der Waals surface area contributed by atoms with E-state index in [4.69, 9.17) is 0 Å². The minimum Gasteiger partial charge on any atom is -0.313 e. The fourth-order valence-corrected chi connectivity index (χ4v) is 1.58. The van der Waals surface area contributed by atoms with Gasteiger partial charge >= 0.3 is 0 Å². The van der Waals surface area contributed by atoms with Gasteiger partial charge in [-0.2, -0.15) is 0 Å². The van der Waals surface area contributed by atoms with E-state index >= 15 is 0 Å². The molecule has 0 radical (unpaired) electrons. The van der Waals surface area contributed by atoms with Crippen LogP contribution in [-0.2, 0) is 0 Å². The first-order valence-electron chi connectivity index (χ1n) is 4.62. The van der Waals surface area contributed by atoms with Crippen LogP contribution < -0.4 is 5.32 Å². The van der Waals surface area contributed by atoms with Crippen molar-refractivity contribution >= 4 is 17.4 Å². The Bertz CT molecular complexity index is 266. The minimum atomic E-state index is 0.935. The van der Waals surface area contributed by atoms with Crippen molar-refractivity contribution in [3.05, 3.63) is 22.2 Å². The van der Waals surface area contributed by atoms with E-state index in [2.05, 4.69) is 34.8 Å². The number of aryl methyl sites for hydroxylation is 1. The maximum absolute atomic E-state index is 4.33. The van der Waals surface area contributed by atoms with Gasteiger partial charge in [0, 0.05) is 11.9 Å². The van der Waals surface area contributed by atoms with Gasteiger partial charge in [0.05, 0.1) is 10.7 Å². The molecule has 0 aliphatic heterocycles. The third kappa shape index (κ3) is 4.20. The van der Waals surface area contributed by atoms with Gasteiger partial charge in [-0.1, -0.05) is 13.0 Å². The second-order valence-electron chi connectivity index (χ2n) is 2.90. The number of hydrogen-bond donors (Lipinski definition) is 1. The molecule has 1 rings (SSSR count). The van der Waals surface area contributed by atoms with Gasteiger partial charge in [0.2, 0.25) is 0 Å². The van der Waals surface area contributed by atoms with E-state index in [1.807, 2.05) is 6.92 Å². The molecule has 0 fully saturated rings. The van der Waals surface area contributed by atoms with Crippen LogP contribution in [0.1, 0.15) is 24.0 Å². The quantitative estimate of drug-likeness (QED) is 0.732. The molecule has 0 aliphatic rings. The Labute approximate surface area is 83.7 Å². The standard InChI is InChI=1S/C10H16N2S/c1-3-6-11-7-4-5-10-8-13-9(2)12-10/h4-5,8,11H,3,6-7H2,1-2H3. The van der Waals surface area contributed by atoms with Crippen LogP contribution in [0.15, 0.2) is 11.5 Å². The highest BCUT2D eigenvalue weighted by Crippen LogP contribution is 2.08. The van der Waals surface area contributed by atoms with Crippen LogP contribution in [0.25, 0.3) is 6.08 Å². The second-order valence-corrected chi connectivity index (χ2v) is 3.96. The van der Waals surface area contributed by atoms with E-state index in [9.17, 15) is 0 Å². The van der Waals surface area contributed by atoms with Gasteiger partial charge in [-0.3, -0.25) is 0 Å². The van der Waals surface area contributed by atoms with Crippen molar-refractivity contribution in [2.45, 2.75) is 20.3 Å². The van der Waals surface area contributed by atoms with E-state index in [0.29, 0.717) is 0 Å². The van der Waals surface area contributed by atoms with Gasteiger partial charge in [0.1, 0.15) is 0 Å². The predicted molar refractivity (Wildman–Crippen MR) is 59.0 cm³/mol. The van der Waals surface area contributed by atoms with Crippen LogP contribution in [0.2, 0.25) is 0 Å². The second kappa shape index (κ2) is 5.89. The van der Waals surface area contributed by atoms with E-state index in [1.165, 1.54) is 6.42 Å². The Kier molecular flexibility index (Phi) is 4.72. The van der Waals surface area contributed by atoms with Crippen molar-refractivity contribution in [2.75, 3.05) is 13.1 Å². The zero-order valence-corrected chi connectivity index (χ0v) is 9.03. The largest absolute Gasteiger partial charge is 0.313 e. The number of rotatable bonds is 5. The summed E-state index contributed by atoms with van der Waals surface area (Å²) in [6.07, 6.45) is 5.36. The Hall–Kier alpha value is -0.670. The van der Waals surface area contributed by atoms with Crippen LogP contribution in [0.4, 0.5) is 0 Å². The molecule has 1 aromatic rings. The molecule has 72 valence electrons. The molecule has 0 spiro atoms. The van der Waals surface area contributed by atoms with Crippen LogP contribution >= 0.6 is 11.3 Å². The van der Waals surface area contributed by atoms with Crippen LogP contribution in [0, 0.1) is 6.92 Å². The summed E-state index contributed by atoms with van der Waals surface area (Å²) in [6, 6.07) is 0. The molecule has 13 heavy (non-hydrogen) atoms. The first-order valence-corrected chi connectivity index (χ1v) is 5.50. The number of nitrogens with zero attached hydrogens (tertiary/aromatic N) is 1. The van der Waals surface area contributed by atoms with Crippen LogP contribution in [0.3, 0.4) is 0 Å². The van der Waals surface area contributed by atoms with Crippen molar-refractivity contribution in [1.29, 1.82) is 0 Å². The summed E-state index contributed by atoms with van der Waals surface area (Å²) in [6.45, 7) is 6.21. The number of aromatic nitrogens is 1. The molecule has 3 heteroatoms. The van der Waals surface area contributed by atoms with Crippen LogP contribution in [0.5, 0.6) is 0 Å². The zero-order chi connectivity index (χ0) is 9.52. The normalized spacial score (nSPS) is 11.2. The Morgan fingerprint density at radius 3 is 3.08 bits per heavy atom. The number of nitrogens with one attached hydrogen (secondary N) is 1. The molecule has 0 unspecified atom stereocenters. The molecule has 0 saturated heterocycles. The Morgan fingerprint density at radius 2 is 2.46 bits per heavy atom. The lowest BCUT2D eigenvalue weighted by molar-refractivity contribution is 0.730. The molecule has 0 aromatic carbocycles. The van der Waals surface area contributed by atoms with Crippen molar-refractivity contribution < 1.29 is 0 Å². The van der Waals surface area contributed by atoms with E-state index in [-0.39, 0.29) is 0 Å². The van der Waals surface area contributed by atoms with Gasteiger partial charge < -0.3 is 5.32 Å². The summed E-state index contributed by atoms with van der Waals surface area (Å²) in [7, 11) is 0. The maximum Gasteiger partial charge on any atom is 0.0901 e. The first-order chi connectivity index (χ1) is 6.33. The molecule has 1 heterocycles. The van der Waals surface area contributed by atoms with Gasteiger partial charge in [0.25, 0.3) is 0 Å². The van der Waals surface area contributed by atoms with Crippen molar-refractivity contribution in [3.63, 3.8) is 0 Å². The zero-order valence-electron chi connectivity index (χ0n) is 8.21. The van der Waals surface area contributed by atoms with Crippen LogP contribution in [-0.4, -0.2) is 18.1 Å². The highest BCUT2D eigenvalue weighted by Gasteiger charge is 1.91. The lowest BCUT2D eigenvalue weighted by Crippen LogP contribution is -2.13. The van der Waals surface area contributed by atoms with E-state index in [1.54, 1.807) is 11.3 Å². The summed E-state index contributed by atoms with van der Waals surface area (Å²) < 4.78 is 0. The third-order valence-electron chi connectivity index (χ3n) is 1.61. The van der Waals surface area contributed by atoms with Crippen molar-refractivity contribution in [3.8, 4) is 0 Å². The molecule has 0 saturated carbocycles. The third-order valence-corrected chi connectivity index (χ3v) is 2.41. The Balaban J connectivity index is 2.24. The highest BCUT2D eigenvalue weighted by molar-refractivity contribution is 7.09. The molecule has 1 aromatic heterocycles. The molecule has 2 nitrogen and oxygen atoms in total. The molecular weight excluding hydrogens is 180 g/mol.